The highest BCUT2D eigenvalue weighted by Crippen LogP contribution is 2.48. The number of aromatic nitrogens is 5. The third kappa shape index (κ3) is 3.37. The number of esters is 1. The second-order valence-corrected chi connectivity index (χ2v) is 7.69. The van der Waals surface area contributed by atoms with Crippen molar-refractivity contribution < 1.29 is 14.1 Å². The lowest BCUT2D eigenvalue weighted by Crippen LogP contribution is -2.36. The Kier molecular flexibility index (Phi) is 4.85. The van der Waals surface area contributed by atoms with Crippen LogP contribution in [0.15, 0.2) is 59.5 Å². The molecule has 32 heavy (non-hydrogen) atoms. The van der Waals surface area contributed by atoms with Crippen molar-refractivity contribution in [3.8, 4) is 22.6 Å². The van der Waals surface area contributed by atoms with Crippen LogP contribution in [-0.4, -0.2) is 38.2 Å². The molecular weight excluding hydrogens is 408 g/mol. The molecule has 0 saturated heterocycles. The first-order valence-corrected chi connectivity index (χ1v) is 10.2. The molecule has 0 unspecified atom stereocenters. The summed E-state index contributed by atoms with van der Waals surface area (Å²) < 4.78 is 10.2. The Hall–Kier alpha value is -4.14. The lowest BCUT2D eigenvalue weighted by molar-refractivity contribution is 0.0594. The van der Waals surface area contributed by atoms with Crippen LogP contribution >= 0.6 is 0 Å². The minimum Gasteiger partial charge on any atom is -0.464 e. The van der Waals surface area contributed by atoms with Gasteiger partial charge >= 0.3 is 5.97 Å². The molecule has 1 saturated carbocycles. The number of ether oxygens (including phenoxy) is 1. The molecular formula is C23H20N6O3. The van der Waals surface area contributed by atoms with Gasteiger partial charge in [0, 0.05) is 24.2 Å². The van der Waals surface area contributed by atoms with Gasteiger partial charge in [0.1, 0.15) is 5.69 Å². The summed E-state index contributed by atoms with van der Waals surface area (Å²) in [7, 11) is 1.32. The molecule has 3 heterocycles. The molecule has 1 aliphatic rings. The van der Waals surface area contributed by atoms with Crippen LogP contribution in [0, 0.1) is 0 Å². The third-order valence-electron chi connectivity index (χ3n) is 5.91. The van der Waals surface area contributed by atoms with E-state index in [4.69, 9.17) is 10.3 Å². The molecule has 4 aromatic rings. The van der Waals surface area contributed by atoms with E-state index < -0.39 is 5.97 Å². The summed E-state index contributed by atoms with van der Waals surface area (Å²) in [6.07, 6.45) is 7.92. The number of nitrogens with two attached hydrogens (primary N) is 1. The molecule has 0 radical (unpaired) electrons. The maximum absolute atomic E-state index is 11.6. The van der Waals surface area contributed by atoms with E-state index in [1.54, 1.807) is 24.5 Å². The Bertz CT molecular complexity index is 1250. The van der Waals surface area contributed by atoms with Crippen molar-refractivity contribution in [3.63, 3.8) is 0 Å². The summed E-state index contributed by atoms with van der Waals surface area (Å²) in [5.74, 6) is 0.775. The fourth-order valence-electron chi connectivity index (χ4n) is 3.92. The van der Waals surface area contributed by atoms with Crippen molar-refractivity contribution in [2.75, 3.05) is 12.8 Å². The Labute approximate surface area is 183 Å². The Morgan fingerprint density at radius 1 is 0.969 bits per heavy atom. The number of carbonyl (C=O) groups is 1. The van der Waals surface area contributed by atoms with Gasteiger partial charge in [0.25, 0.3) is 5.89 Å². The predicted octanol–water partition coefficient (Wildman–Crippen LogP) is 3.43. The van der Waals surface area contributed by atoms with Crippen molar-refractivity contribution in [2.45, 2.75) is 24.7 Å². The highest BCUT2D eigenvalue weighted by Gasteiger charge is 2.44. The topological polar surface area (TPSA) is 130 Å². The minimum atomic E-state index is -0.495. The quantitative estimate of drug-likeness (QED) is 0.475. The van der Waals surface area contributed by atoms with Crippen LogP contribution in [0.1, 0.15) is 41.1 Å². The lowest BCUT2D eigenvalue weighted by atomic mass is 9.64. The number of methoxy groups -OCH3 is 1. The summed E-state index contributed by atoms with van der Waals surface area (Å²) in [5.41, 5.74) is 9.20. The molecule has 9 heteroatoms. The molecule has 5 rings (SSSR count). The van der Waals surface area contributed by atoms with E-state index in [0.717, 1.165) is 36.0 Å². The number of hydrogen-bond acceptors (Lipinski definition) is 9. The zero-order valence-corrected chi connectivity index (χ0v) is 17.4. The summed E-state index contributed by atoms with van der Waals surface area (Å²) >= 11 is 0. The van der Waals surface area contributed by atoms with E-state index in [9.17, 15) is 4.79 Å². The van der Waals surface area contributed by atoms with Gasteiger partial charge < -0.3 is 15.0 Å². The molecule has 2 N–H and O–H groups in total. The zero-order chi connectivity index (χ0) is 22.1. The normalized spacial score (nSPS) is 14.5. The van der Waals surface area contributed by atoms with Crippen molar-refractivity contribution in [2.24, 2.45) is 0 Å². The minimum absolute atomic E-state index is 0.220. The van der Waals surface area contributed by atoms with Crippen LogP contribution in [0.25, 0.3) is 22.6 Å². The Morgan fingerprint density at radius 2 is 1.66 bits per heavy atom. The van der Waals surface area contributed by atoms with Gasteiger partial charge in [-0.2, -0.15) is 4.98 Å². The monoisotopic (exact) mass is 428 g/mol. The molecule has 0 aliphatic heterocycles. The largest absolute Gasteiger partial charge is 0.464 e. The van der Waals surface area contributed by atoms with Crippen LogP contribution in [0.5, 0.6) is 0 Å². The molecule has 0 bridgehead atoms. The van der Waals surface area contributed by atoms with Gasteiger partial charge in [-0.3, -0.25) is 0 Å². The van der Waals surface area contributed by atoms with Crippen LogP contribution in [0.3, 0.4) is 0 Å². The highest BCUT2D eigenvalue weighted by atomic mass is 16.5. The molecule has 9 nitrogen and oxygen atoms in total. The summed E-state index contributed by atoms with van der Waals surface area (Å²) in [6.45, 7) is 0. The highest BCUT2D eigenvalue weighted by molar-refractivity contribution is 5.87. The number of nitrogen functional groups attached to an aromatic ring is 1. The van der Waals surface area contributed by atoms with Gasteiger partial charge in [-0.05, 0) is 36.1 Å². The summed E-state index contributed by atoms with van der Waals surface area (Å²) in [6, 6.07) is 11.6. The predicted molar refractivity (Wildman–Crippen MR) is 115 cm³/mol. The molecule has 1 aliphatic carbocycles. The Morgan fingerprint density at radius 3 is 2.25 bits per heavy atom. The SMILES string of the molecule is COC(=O)c1ccc(-c2nc(C3(c4ccc(-c5cnc(N)nc5)cc4)CCC3)no2)cn1. The molecule has 1 fully saturated rings. The van der Waals surface area contributed by atoms with Gasteiger partial charge in [-0.1, -0.05) is 35.8 Å². The second kappa shape index (κ2) is 7.84. The van der Waals surface area contributed by atoms with E-state index in [0.29, 0.717) is 17.3 Å². The Balaban J connectivity index is 1.42. The van der Waals surface area contributed by atoms with Gasteiger partial charge in [0.05, 0.1) is 18.1 Å². The van der Waals surface area contributed by atoms with Crippen LogP contribution in [0.2, 0.25) is 0 Å². The molecule has 3 aromatic heterocycles. The van der Waals surface area contributed by atoms with Crippen molar-refractivity contribution >= 4 is 11.9 Å². The fraction of sp³-hybridized carbons (Fsp3) is 0.217. The second-order valence-electron chi connectivity index (χ2n) is 7.69. The number of hydrogen-bond donors (Lipinski definition) is 1. The van der Waals surface area contributed by atoms with Gasteiger partial charge in [0.15, 0.2) is 5.82 Å². The maximum Gasteiger partial charge on any atom is 0.356 e. The third-order valence-corrected chi connectivity index (χ3v) is 5.91. The van der Waals surface area contributed by atoms with E-state index in [1.165, 1.54) is 13.3 Å². The van der Waals surface area contributed by atoms with E-state index in [2.05, 4.69) is 42.0 Å². The standard InChI is InChI=1S/C23H20N6O3/c1-31-20(30)18-8-5-15(11-25-18)19-28-21(29-32-19)23(9-2-10-23)17-6-3-14(4-7-17)16-12-26-22(24)27-13-16/h3-8,11-13H,2,9-10H2,1H3,(H2,24,26,27). The van der Waals surface area contributed by atoms with E-state index in [-0.39, 0.29) is 17.1 Å². The summed E-state index contributed by atoms with van der Waals surface area (Å²) in [5, 5.41) is 4.29. The smallest absolute Gasteiger partial charge is 0.356 e. The van der Waals surface area contributed by atoms with Gasteiger partial charge in [0.2, 0.25) is 5.95 Å². The van der Waals surface area contributed by atoms with Crippen LogP contribution in [-0.2, 0) is 10.2 Å². The number of rotatable bonds is 5. The first-order chi connectivity index (χ1) is 15.6. The molecule has 0 atom stereocenters. The number of carbonyl (C=O) groups excluding carboxylic acids is 1. The molecule has 0 amide bonds. The lowest BCUT2D eigenvalue weighted by Gasteiger charge is -2.39. The van der Waals surface area contributed by atoms with E-state index >= 15 is 0 Å². The first-order valence-electron chi connectivity index (χ1n) is 10.2. The first kappa shape index (κ1) is 19.8. The van der Waals surface area contributed by atoms with Crippen molar-refractivity contribution in [1.82, 2.24) is 25.1 Å². The van der Waals surface area contributed by atoms with Gasteiger partial charge in [-0.25, -0.2) is 19.7 Å². The van der Waals surface area contributed by atoms with Crippen LogP contribution < -0.4 is 5.73 Å². The molecule has 0 spiro atoms. The maximum atomic E-state index is 11.6. The van der Waals surface area contributed by atoms with Crippen molar-refractivity contribution in [1.29, 1.82) is 0 Å². The number of anilines is 1. The number of benzene rings is 1. The van der Waals surface area contributed by atoms with Crippen LogP contribution in [0.4, 0.5) is 5.95 Å². The molecule has 160 valence electrons. The average molecular weight is 428 g/mol. The van der Waals surface area contributed by atoms with E-state index in [1.807, 2.05) is 12.1 Å². The zero-order valence-electron chi connectivity index (χ0n) is 17.4. The number of pyridine rings is 1. The van der Waals surface area contributed by atoms with Gasteiger partial charge in [-0.15, -0.1) is 0 Å². The number of nitrogens with zero attached hydrogens (tertiary/aromatic N) is 5. The van der Waals surface area contributed by atoms with Crippen molar-refractivity contribution in [3.05, 3.63) is 72.1 Å². The fourth-order valence-corrected chi connectivity index (χ4v) is 3.92. The summed E-state index contributed by atoms with van der Waals surface area (Å²) in [4.78, 5) is 28.5. The average Bonchev–Trinajstić information content (AvgIpc) is 3.29. The molecule has 1 aromatic carbocycles.